The van der Waals surface area contributed by atoms with Gasteiger partial charge in [-0.1, -0.05) is 74.5 Å². The summed E-state index contributed by atoms with van der Waals surface area (Å²) in [6.45, 7) is 5.84. The van der Waals surface area contributed by atoms with Gasteiger partial charge in [0.05, 0.1) is 5.71 Å². The lowest BCUT2D eigenvalue weighted by Crippen LogP contribution is -2.20. The average molecular weight is 406 g/mol. The largest absolute Gasteiger partial charge is 0.455 e. The lowest BCUT2D eigenvalue weighted by molar-refractivity contribution is 0.176. The Balaban J connectivity index is 0.00000155. The summed E-state index contributed by atoms with van der Waals surface area (Å²) in [4.78, 5) is 0. The highest BCUT2D eigenvalue weighted by atomic mass is 16.5. The average Bonchev–Trinajstić information content (AvgIpc) is 3.22. The molecular weight excluding hydrogens is 374 g/mol. The molecule has 1 aliphatic heterocycles. The molecule has 30 heavy (non-hydrogen) atoms. The number of nitrogens with one attached hydrogen (secondary N) is 3. The van der Waals surface area contributed by atoms with E-state index in [1.165, 1.54) is 0 Å². The molecule has 0 amide bonds. The Bertz CT molecular complexity index is 903. The van der Waals surface area contributed by atoms with Gasteiger partial charge in [0.25, 0.3) is 0 Å². The number of hydrazone groups is 2. The van der Waals surface area contributed by atoms with Crippen LogP contribution in [0.4, 0.5) is 0 Å². The number of hydrogen-bond donors (Lipinski definition) is 3. The molecule has 2 aromatic carbocycles. The molecule has 0 spiro atoms. The van der Waals surface area contributed by atoms with Gasteiger partial charge < -0.3 is 10.2 Å². The van der Waals surface area contributed by atoms with Gasteiger partial charge in [-0.3, -0.25) is 10.8 Å². The maximum atomic E-state index is 8.56. The monoisotopic (exact) mass is 405 g/mol. The van der Waals surface area contributed by atoms with E-state index in [1.807, 2.05) is 75.4 Å². The zero-order chi connectivity index (χ0) is 21.8. The van der Waals surface area contributed by atoms with Gasteiger partial charge in [0.15, 0.2) is 6.23 Å². The first-order chi connectivity index (χ1) is 14.7. The second-order valence-corrected chi connectivity index (χ2v) is 6.40. The molecule has 6 nitrogen and oxygen atoms in total. The molecule has 6 heteroatoms. The Morgan fingerprint density at radius 3 is 2.57 bits per heavy atom. The molecule has 0 saturated carbocycles. The van der Waals surface area contributed by atoms with Crippen LogP contribution in [0.3, 0.4) is 0 Å². The van der Waals surface area contributed by atoms with E-state index < -0.39 is 0 Å². The van der Waals surface area contributed by atoms with Crippen molar-refractivity contribution in [1.82, 2.24) is 10.9 Å². The maximum Gasteiger partial charge on any atom is 0.204 e. The molecule has 0 aliphatic carbocycles. The molecule has 2 aromatic rings. The van der Waals surface area contributed by atoms with Crippen molar-refractivity contribution < 1.29 is 4.74 Å². The van der Waals surface area contributed by atoms with Crippen molar-refractivity contribution in [3.05, 3.63) is 77.4 Å². The number of benzene rings is 2. The van der Waals surface area contributed by atoms with Gasteiger partial charge in [-0.15, -0.1) is 5.10 Å². The van der Waals surface area contributed by atoms with Crippen LogP contribution in [0.1, 0.15) is 50.3 Å². The van der Waals surface area contributed by atoms with Crippen molar-refractivity contribution in [2.75, 3.05) is 7.05 Å². The van der Waals surface area contributed by atoms with E-state index in [9.17, 15) is 0 Å². The highest BCUT2D eigenvalue weighted by molar-refractivity contribution is 6.52. The predicted molar refractivity (Wildman–Crippen MR) is 126 cm³/mol. The zero-order valence-electron chi connectivity index (χ0n) is 18.1. The van der Waals surface area contributed by atoms with Gasteiger partial charge in [0.1, 0.15) is 5.71 Å². The minimum absolute atomic E-state index is 0.0447. The number of allylic oxidation sites excluding steroid dienone is 1. The third-order valence-corrected chi connectivity index (χ3v) is 4.27. The summed E-state index contributed by atoms with van der Waals surface area (Å²) in [5.41, 5.74) is 9.57. The molecule has 158 valence electrons. The Kier molecular flexibility index (Phi) is 9.31. The standard InChI is InChI=1S/C22H25N5O.C2H6/c1-16-25-26-20(28-16)14-7-6-9-17-10-8-13-19(15-17)22(27-24-2)21(23)18-11-4-3-5-12-18;1-2/h3-6,8-13,15,20,23-24,26H,7,14H2,1-2H3;1-2H3/b9-6+,23-21?,27-22-;. The van der Waals surface area contributed by atoms with Crippen LogP contribution in [0.2, 0.25) is 0 Å². The normalized spacial score (nSPS) is 15.5. The molecule has 1 unspecified atom stereocenters. The van der Waals surface area contributed by atoms with Gasteiger partial charge in [-0.25, -0.2) is 0 Å². The van der Waals surface area contributed by atoms with Crippen molar-refractivity contribution in [2.45, 2.75) is 39.8 Å². The Morgan fingerprint density at radius 2 is 1.90 bits per heavy atom. The maximum absolute atomic E-state index is 8.56. The summed E-state index contributed by atoms with van der Waals surface area (Å²) in [5, 5.41) is 16.9. The lowest BCUT2D eigenvalue weighted by atomic mass is 9.98. The van der Waals surface area contributed by atoms with E-state index in [0.717, 1.165) is 29.5 Å². The van der Waals surface area contributed by atoms with E-state index in [0.29, 0.717) is 17.3 Å². The van der Waals surface area contributed by atoms with Crippen LogP contribution in [0.5, 0.6) is 0 Å². The van der Waals surface area contributed by atoms with Crippen molar-refractivity contribution in [1.29, 1.82) is 5.41 Å². The van der Waals surface area contributed by atoms with Crippen LogP contribution in [-0.2, 0) is 4.74 Å². The Morgan fingerprint density at radius 1 is 1.17 bits per heavy atom. The third kappa shape index (κ3) is 6.58. The van der Waals surface area contributed by atoms with E-state index in [1.54, 1.807) is 7.05 Å². The van der Waals surface area contributed by atoms with Gasteiger partial charge >= 0.3 is 0 Å². The van der Waals surface area contributed by atoms with Crippen molar-refractivity contribution in [3.8, 4) is 0 Å². The summed E-state index contributed by atoms with van der Waals surface area (Å²) in [5.74, 6) is 0.680. The first-order valence-electron chi connectivity index (χ1n) is 10.3. The third-order valence-electron chi connectivity index (χ3n) is 4.27. The van der Waals surface area contributed by atoms with Crippen molar-refractivity contribution in [2.24, 2.45) is 10.2 Å². The fraction of sp³-hybridized carbons (Fsp3) is 0.292. The SMILES string of the molecule is CC.CN/N=C(\C(=N)c1ccccc1)c1cccc(/C=C/CCC2NN=C(C)O2)c1. The van der Waals surface area contributed by atoms with Crippen LogP contribution in [0.25, 0.3) is 6.08 Å². The number of nitrogens with zero attached hydrogens (tertiary/aromatic N) is 2. The summed E-state index contributed by atoms with van der Waals surface area (Å²) >= 11 is 0. The molecule has 0 aromatic heterocycles. The van der Waals surface area contributed by atoms with E-state index >= 15 is 0 Å². The lowest BCUT2D eigenvalue weighted by Gasteiger charge is -2.10. The molecule has 0 bridgehead atoms. The predicted octanol–water partition coefficient (Wildman–Crippen LogP) is 4.78. The fourth-order valence-corrected chi connectivity index (χ4v) is 2.92. The van der Waals surface area contributed by atoms with Gasteiger partial charge in [0, 0.05) is 31.5 Å². The first kappa shape index (κ1) is 22.9. The smallest absolute Gasteiger partial charge is 0.204 e. The summed E-state index contributed by atoms with van der Waals surface area (Å²) < 4.78 is 5.52. The summed E-state index contributed by atoms with van der Waals surface area (Å²) in [6.07, 6.45) is 5.88. The van der Waals surface area contributed by atoms with Crippen LogP contribution < -0.4 is 10.9 Å². The molecule has 1 heterocycles. The minimum Gasteiger partial charge on any atom is -0.455 e. The van der Waals surface area contributed by atoms with Crippen LogP contribution in [0.15, 0.2) is 70.9 Å². The van der Waals surface area contributed by atoms with Gasteiger partial charge in [-0.2, -0.15) is 5.10 Å². The second-order valence-electron chi connectivity index (χ2n) is 6.40. The zero-order valence-corrected chi connectivity index (χ0v) is 18.1. The first-order valence-corrected chi connectivity index (χ1v) is 10.3. The molecule has 0 radical (unpaired) electrons. The minimum atomic E-state index is -0.0447. The Labute approximate surface area is 179 Å². The van der Waals surface area contributed by atoms with Crippen LogP contribution >= 0.6 is 0 Å². The highest BCUT2D eigenvalue weighted by Gasteiger charge is 2.14. The van der Waals surface area contributed by atoms with E-state index in [2.05, 4.69) is 33.2 Å². The number of rotatable bonds is 8. The highest BCUT2D eigenvalue weighted by Crippen LogP contribution is 2.14. The van der Waals surface area contributed by atoms with Crippen LogP contribution in [0, 0.1) is 5.41 Å². The van der Waals surface area contributed by atoms with Crippen molar-refractivity contribution in [3.63, 3.8) is 0 Å². The van der Waals surface area contributed by atoms with Crippen LogP contribution in [-0.4, -0.2) is 30.6 Å². The molecule has 1 atom stereocenters. The summed E-state index contributed by atoms with van der Waals surface area (Å²) in [7, 11) is 1.74. The quantitative estimate of drug-likeness (QED) is 0.437. The number of ether oxygens (including phenoxy) is 1. The van der Waals surface area contributed by atoms with E-state index in [-0.39, 0.29) is 6.23 Å². The molecular formula is C24H31N5O. The molecule has 3 rings (SSSR count). The van der Waals surface area contributed by atoms with Gasteiger partial charge in [0.2, 0.25) is 5.90 Å². The topological polar surface area (TPSA) is 81.9 Å². The molecule has 0 fully saturated rings. The van der Waals surface area contributed by atoms with Crippen molar-refractivity contribution >= 4 is 23.4 Å². The summed E-state index contributed by atoms with van der Waals surface area (Å²) in [6, 6.07) is 17.7. The number of hydrogen-bond acceptors (Lipinski definition) is 6. The molecule has 3 N–H and O–H groups in total. The molecule has 1 aliphatic rings. The van der Waals surface area contributed by atoms with Gasteiger partial charge in [-0.05, 0) is 18.1 Å². The fourth-order valence-electron chi connectivity index (χ4n) is 2.92. The second kappa shape index (κ2) is 12.2. The van der Waals surface area contributed by atoms with E-state index in [4.69, 9.17) is 10.1 Å². The Hall–Kier alpha value is -3.41. The molecule has 0 saturated heterocycles.